The Kier molecular flexibility index (Phi) is 5.80. The van der Waals surface area contributed by atoms with Gasteiger partial charge in [0.15, 0.2) is 0 Å². The first-order valence-corrected chi connectivity index (χ1v) is 11.0. The standard InChI is InChI=1S/C24H28FN5O2/c1-16-3-4-18(11-20(16)25)30-14-19(32-15-30)12-27-17-8-10-29(13-17)22-7-9-26-21-5-6-23(31-2)28-24(21)22/h3-7,9,11,17,19,27H,8,10,12-15H2,1-2H3/t17-,19-/m1/s1. The summed E-state index contributed by atoms with van der Waals surface area (Å²) < 4.78 is 25.1. The van der Waals surface area contributed by atoms with Crippen molar-refractivity contribution in [2.75, 3.05) is 49.8 Å². The van der Waals surface area contributed by atoms with Crippen LogP contribution in [0, 0.1) is 12.7 Å². The quantitative estimate of drug-likeness (QED) is 0.636. The number of rotatable bonds is 6. The highest BCUT2D eigenvalue weighted by atomic mass is 19.1. The number of fused-ring (bicyclic) bond motifs is 1. The lowest BCUT2D eigenvalue weighted by atomic mass is 10.2. The molecule has 3 aromatic rings. The molecular weight excluding hydrogens is 409 g/mol. The molecule has 4 heterocycles. The second-order valence-corrected chi connectivity index (χ2v) is 8.46. The van der Waals surface area contributed by atoms with Crippen LogP contribution in [0.3, 0.4) is 0 Å². The van der Waals surface area contributed by atoms with Gasteiger partial charge in [0.05, 0.1) is 24.4 Å². The van der Waals surface area contributed by atoms with Crippen LogP contribution in [0.5, 0.6) is 5.88 Å². The van der Waals surface area contributed by atoms with Crippen LogP contribution in [0.2, 0.25) is 0 Å². The Labute approximate surface area is 187 Å². The Hall–Kier alpha value is -2.97. The van der Waals surface area contributed by atoms with Gasteiger partial charge in [0, 0.05) is 50.2 Å². The maximum atomic E-state index is 13.9. The predicted molar refractivity (Wildman–Crippen MR) is 123 cm³/mol. The number of pyridine rings is 2. The number of nitrogens with one attached hydrogen (secondary N) is 1. The first kappa shape index (κ1) is 20.9. The molecule has 2 aromatic heterocycles. The molecule has 1 N–H and O–H groups in total. The van der Waals surface area contributed by atoms with E-state index in [1.54, 1.807) is 20.1 Å². The zero-order valence-electron chi connectivity index (χ0n) is 18.4. The smallest absolute Gasteiger partial charge is 0.213 e. The fraction of sp³-hybridized carbons (Fsp3) is 0.417. The van der Waals surface area contributed by atoms with Crippen molar-refractivity contribution in [2.45, 2.75) is 25.5 Å². The van der Waals surface area contributed by atoms with Crippen molar-refractivity contribution in [3.05, 3.63) is 54.0 Å². The van der Waals surface area contributed by atoms with E-state index in [4.69, 9.17) is 9.47 Å². The van der Waals surface area contributed by atoms with Gasteiger partial charge in [-0.25, -0.2) is 9.37 Å². The summed E-state index contributed by atoms with van der Waals surface area (Å²) in [6.45, 7) is 5.64. The summed E-state index contributed by atoms with van der Waals surface area (Å²) >= 11 is 0. The number of hydrogen-bond acceptors (Lipinski definition) is 7. The van der Waals surface area contributed by atoms with Crippen LogP contribution in [-0.2, 0) is 4.74 Å². The van der Waals surface area contributed by atoms with Crippen molar-refractivity contribution in [2.24, 2.45) is 0 Å². The Bertz CT molecular complexity index is 1110. The normalized spacial score (nSPS) is 21.0. The van der Waals surface area contributed by atoms with Crippen molar-refractivity contribution in [3.8, 4) is 5.88 Å². The van der Waals surface area contributed by atoms with Crippen molar-refractivity contribution in [1.82, 2.24) is 15.3 Å². The van der Waals surface area contributed by atoms with Gasteiger partial charge in [0.25, 0.3) is 0 Å². The number of benzene rings is 1. The summed E-state index contributed by atoms with van der Waals surface area (Å²) in [4.78, 5) is 13.5. The van der Waals surface area contributed by atoms with E-state index in [1.807, 2.05) is 36.5 Å². The molecule has 2 saturated heterocycles. The maximum Gasteiger partial charge on any atom is 0.213 e. The molecule has 5 rings (SSSR count). The highest BCUT2D eigenvalue weighted by Gasteiger charge is 2.28. The van der Waals surface area contributed by atoms with Crippen LogP contribution < -0.4 is 19.9 Å². The lowest BCUT2D eigenvalue weighted by Gasteiger charge is -2.21. The van der Waals surface area contributed by atoms with E-state index in [2.05, 4.69) is 25.1 Å². The monoisotopic (exact) mass is 437 g/mol. The van der Waals surface area contributed by atoms with E-state index in [1.165, 1.54) is 0 Å². The second kappa shape index (κ2) is 8.88. The largest absolute Gasteiger partial charge is 0.481 e. The number of hydrogen-bond donors (Lipinski definition) is 1. The molecule has 7 nitrogen and oxygen atoms in total. The van der Waals surface area contributed by atoms with Crippen LogP contribution >= 0.6 is 0 Å². The molecule has 0 bridgehead atoms. The van der Waals surface area contributed by atoms with Gasteiger partial charge in [0.1, 0.15) is 18.1 Å². The fourth-order valence-corrected chi connectivity index (χ4v) is 4.43. The van der Waals surface area contributed by atoms with Gasteiger partial charge < -0.3 is 24.6 Å². The molecule has 0 amide bonds. The zero-order valence-corrected chi connectivity index (χ0v) is 18.4. The maximum absolute atomic E-state index is 13.9. The van der Waals surface area contributed by atoms with E-state index in [0.29, 0.717) is 24.2 Å². The topological polar surface area (TPSA) is 62.8 Å². The summed E-state index contributed by atoms with van der Waals surface area (Å²) in [6, 6.07) is 11.5. The molecule has 2 aliphatic rings. The Morgan fingerprint density at radius 2 is 2.09 bits per heavy atom. The molecule has 0 spiro atoms. The molecule has 168 valence electrons. The average molecular weight is 438 g/mol. The van der Waals surface area contributed by atoms with E-state index in [-0.39, 0.29) is 11.9 Å². The average Bonchev–Trinajstić information content (AvgIpc) is 3.48. The van der Waals surface area contributed by atoms with E-state index >= 15 is 0 Å². The van der Waals surface area contributed by atoms with Crippen molar-refractivity contribution in [3.63, 3.8) is 0 Å². The molecule has 0 radical (unpaired) electrons. The minimum Gasteiger partial charge on any atom is -0.481 e. The first-order chi connectivity index (χ1) is 15.6. The van der Waals surface area contributed by atoms with Gasteiger partial charge in [0.2, 0.25) is 5.88 Å². The lowest BCUT2D eigenvalue weighted by Crippen LogP contribution is -2.39. The predicted octanol–water partition coefficient (Wildman–Crippen LogP) is 3.12. The van der Waals surface area contributed by atoms with Gasteiger partial charge in [-0.2, -0.15) is 0 Å². The van der Waals surface area contributed by atoms with Gasteiger partial charge >= 0.3 is 0 Å². The van der Waals surface area contributed by atoms with E-state index in [0.717, 1.165) is 55.0 Å². The summed E-state index contributed by atoms with van der Waals surface area (Å²) in [5, 5.41) is 3.66. The van der Waals surface area contributed by atoms with Gasteiger partial charge in [-0.3, -0.25) is 4.98 Å². The summed E-state index contributed by atoms with van der Waals surface area (Å²) in [5.74, 6) is 0.419. The molecule has 2 atom stereocenters. The minimum atomic E-state index is -0.175. The van der Waals surface area contributed by atoms with Crippen molar-refractivity contribution in [1.29, 1.82) is 0 Å². The van der Waals surface area contributed by atoms with E-state index in [9.17, 15) is 4.39 Å². The lowest BCUT2D eigenvalue weighted by molar-refractivity contribution is 0.113. The highest BCUT2D eigenvalue weighted by molar-refractivity contribution is 5.88. The number of anilines is 2. The van der Waals surface area contributed by atoms with Gasteiger partial charge in [-0.15, -0.1) is 0 Å². The third kappa shape index (κ3) is 4.20. The summed E-state index contributed by atoms with van der Waals surface area (Å²) in [5.41, 5.74) is 4.35. The third-order valence-electron chi connectivity index (χ3n) is 6.32. The Morgan fingerprint density at radius 3 is 2.94 bits per heavy atom. The fourth-order valence-electron chi connectivity index (χ4n) is 4.43. The molecule has 32 heavy (non-hydrogen) atoms. The highest BCUT2D eigenvalue weighted by Crippen LogP contribution is 2.28. The van der Waals surface area contributed by atoms with Crippen molar-refractivity contribution < 1.29 is 13.9 Å². The molecule has 0 aliphatic carbocycles. The van der Waals surface area contributed by atoms with Crippen LogP contribution in [0.25, 0.3) is 11.0 Å². The number of methoxy groups -OCH3 is 1. The number of ether oxygens (including phenoxy) is 2. The molecule has 1 aromatic carbocycles. The molecule has 0 saturated carbocycles. The molecule has 8 heteroatoms. The van der Waals surface area contributed by atoms with Crippen LogP contribution in [0.15, 0.2) is 42.6 Å². The Morgan fingerprint density at radius 1 is 1.19 bits per heavy atom. The summed E-state index contributed by atoms with van der Waals surface area (Å²) in [7, 11) is 1.63. The second-order valence-electron chi connectivity index (χ2n) is 8.46. The van der Waals surface area contributed by atoms with Gasteiger partial charge in [-0.05, 0) is 43.2 Å². The van der Waals surface area contributed by atoms with Gasteiger partial charge in [-0.1, -0.05) is 6.07 Å². The molecule has 2 fully saturated rings. The molecule has 0 unspecified atom stereocenters. The van der Waals surface area contributed by atoms with E-state index < -0.39 is 0 Å². The van der Waals surface area contributed by atoms with Crippen LogP contribution in [0.4, 0.5) is 15.8 Å². The van der Waals surface area contributed by atoms with Crippen LogP contribution in [0.1, 0.15) is 12.0 Å². The molecule has 2 aliphatic heterocycles. The molecular formula is C24H28FN5O2. The van der Waals surface area contributed by atoms with Crippen LogP contribution in [-0.4, -0.2) is 62.1 Å². The number of aryl methyl sites for hydroxylation is 1. The number of halogens is 1. The number of aromatic nitrogens is 2. The number of nitrogens with zero attached hydrogens (tertiary/aromatic N) is 4. The van der Waals surface area contributed by atoms with Crippen molar-refractivity contribution >= 4 is 22.4 Å². The first-order valence-electron chi connectivity index (χ1n) is 11.0. The SMILES string of the molecule is COc1ccc2nccc(N3CC[C@@H](NC[C@@H]4CN(c5ccc(C)c(F)c5)CO4)C3)c2n1. The zero-order chi connectivity index (χ0) is 22.1. The Balaban J connectivity index is 1.18. The minimum absolute atomic E-state index is 0.0843. The third-order valence-corrected chi connectivity index (χ3v) is 6.32. The summed E-state index contributed by atoms with van der Waals surface area (Å²) in [6.07, 6.45) is 2.97.